The number of aromatic nitrogens is 2. The first-order valence-electron chi connectivity index (χ1n) is 8.87. The number of hydrogen-bond donors (Lipinski definition) is 2. The summed E-state index contributed by atoms with van der Waals surface area (Å²) in [5, 5.41) is 5.58. The van der Waals surface area contributed by atoms with Crippen molar-refractivity contribution in [2.75, 3.05) is 25.1 Å². The Morgan fingerprint density at radius 1 is 1.42 bits per heavy atom. The molecule has 0 bridgehead atoms. The number of imidazole rings is 1. The number of fused-ring (bicyclic) bond motifs is 1. The maximum absolute atomic E-state index is 12.0. The van der Waals surface area contributed by atoms with Gasteiger partial charge >= 0.3 is 6.09 Å². The molecule has 2 N–H and O–H groups in total. The molecule has 0 saturated carbocycles. The highest BCUT2D eigenvalue weighted by molar-refractivity contribution is 5.89. The molecule has 1 atom stereocenters. The van der Waals surface area contributed by atoms with Gasteiger partial charge in [-0.3, -0.25) is 10.1 Å². The number of aryl methyl sites for hydroxylation is 1. The van der Waals surface area contributed by atoms with Crippen molar-refractivity contribution in [2.45, 2.75) is 32.3 Å². The summed E-state index contributed by atoms with van der Waals surface area (Å²) in [7, 11) is 1.94. The molecule has 0 radical (unpaired) electrons. The monoisotopic (exact) mass is 360 g/mol. The second-order valence-electron chi connectivity index (χ2n) is 6.18. The lowest BCUT2D eigenvalue weighted by Gasteiger charge is -2.10. The molecule has 2 amide bonds. The van der Waals surface area contributed by atoms with E-state index in [1.54, 1.807) is 13.0 Å². The van der Waals surface area contributed by atoms with Gasteiger partial charge in [0.25, 0.3) is 0 Å². The molecule has 3 rings (SSSR count). The first-order chi connectivity index (χ1) is 12.6. The summed E-state index contributed by atoms with van der Waals surface area (Å²) in [4.78, 5) is 28.1. The first-order valence-corrected chi connectivity index (χ1v) is 8.87. The fourth-order valence-corrected chi connectivity index (χ4v) is 3.03. The molecule has 1 aliphatic heterocycles. The van der Waals surface area contributed by atoms with Gasteiger partial charge in [-0.15, -0.1) is 0 Å². The van der Waals surface area contributed by atoms with E-state index < -0.39 is 6.09 Å². The van der Waals surface area contributed by atoms with E-state index in [0.717, 1.165) is 29.7 Å². The minimum absolute atomic E-state index is 0.0535. The minimum atomic E-state index is -0.486. The van der Waals surface area contributed by atoms with E-state index in [2.05, 4.69) is 15.6 Å². The van der Waals surface area contributed by atoms with Crippen LogP contribution in [0.2, 0.25) is 0 Å². The van der Waals surface area contributed by atoms with Crippen LogP contribution in [-0.4, -0.2) is 47.4 Å². The van der Waals surface area contributed by atoms with E-state index in [4.69, 9.17) is 9.47 Å². The van der Waals surface area contributed by atoms with Gasteiger partial charge in [-0.1, -0.05) is 0 Å². The highest BCUT2D eigenvalue weighted by Gasteiger charge is 2.23. The van der Waals surface area contributed by atoms with Gasteiger partial charge in [-0.05, 0) is 38.0 Å². The predicted octanol–water partition coefficient (Wildman–Crippen LogP) is 1.98. The molecular weight excluding hydrogens is 336 g/mol. The second-order valence-corrected chi connectivity index (χ2v) is 6.18. The van der Waals surface area contributed by atoms with Crippen molar-refractivity contribution in [3.63, 3.8) is 0 Å². The zero-order valence-corrected chi connectivity index (χ0v) is 15.1. The molecule has 1 aromatic heterocycles. The number of nitrogens with zero attached hydrogens (tertiary/aromatic N) is 2. The van der Waals surface area contributed by atoms with Crippen LogP contribution in [0.5, 0.6) is 0 Å². The van der Waals surface area contributed by atoms with E-state index in [9.17, 15) is 9.59 Å². The molecule has 0 spiro atoms. The van der Waals surface area contributed by atoms with E-state index in [-0.39, 0.29) is 12.0 Å². The van der Waals surface area contributed by atoms with Gasteiger partial charge in [-0.25, -0.2) is 9.78 Å². The predicted molar refractivity (Wildman–Crippen MR) is 97.0 cm³/mol. The van der Waals surface area contributed by atoms with Crippen molar-refractivity contribution >= 4 is 28.7 Å². The van der Waals surface area contributed by atoms with Gasteiger partial charge < -0.3 is 19.4 Å². The Bertz CT molecular complexity index is 796. The van der Waals surface area contributed by atoms with Crippen molar-refractivity contribution in [2.24, 2.45) is 7.05 Å². The summed E-state index contributed by atoms with van der Waals surface area (Å²) in [6, 6.07) is 5.52. The zero-order valence-electron chi connectivity index (χ0n) is 15.1. The summed E-state index contributed by atoms with van der Waals surface area (Å²) in [5.41, 5.74) is 2.37. The molecule has 0 aliphatic carbocycles. The Hall–Kier alpha value is -2.61. The van der Waals surface area contributed by atoms with Crippen molar-refractivity contribution in [3.05, 3.63) is 24.0 Å². The fraction of sp³-hybridized carbons (Fsp3) is 0.500. The van der Waals surface area contributed by atoms with Crippen LogP contribution in [0, 0.1) is 0 Å². The lowest BCUT2D eigenvalue weighted by Crippen LogP contribution is -2.35. The van der Waals surface area contributed by atoms with E-state index >= 15 is 0 Å². The number of anilines is 1. The maximum atomic E-state index is 12.0. The highest BCUT2D eigenvalue weighted by Crippen LogP contribution is 2.20. The average molecular weight is 360 g/mol. The van der Waals surface area contributed by atoms with Crippen molar-refractivity contribution in [1.82, 2.24) is 14.9 Å². The smallest absolute Gasteiger partial charge is 0.411 e. The minimum Gasteiger partial charge on any atom is -0.450 e. The molecule has 8 nitrogen and oxygen atoms in total. The lowest BCUT2D eigenvalue weighted by atomic mass is 10.2. The molecule has 2 aromatic rings. The average Bonchev–Trinajstić information content (AvgIpc) is 3.24. The van der Waals surface area contributed by atoms with E-state index in [1.165, 1.54) is 0 Å². The number of carbonyl (C=O) groups is 2. The van der Waals surface area contributed by atoms with Crippen molar-refractivity contribution in [3.8, 4) is 0 Å². The summed E-state index contributed by atoms with van der Waals surface area (Å²) < 4.78 is 12.2. The Kier molecular flexibility index (Phi) is 5.72. The molecule has 2 heterocycles. The standard InChI is InChI=1S/C18H24N4O4/c1-3-25-18(24)20-12-6-7-14-13(11-12)21-16(22(14)2)8-9-19-17(23)15-5-4-10-26-15/h6-7,11,15H,3-5,8-10H2,1-2H3,(H,19,23)(H,20,24)/t15-/m1/s1. The van der Waals surface area contributed by atoms with Crippen LogP contribution < -0.4 is 10.6 Å². The number of nitrogens with one attached hydrogen (secondary N) is 2. The number of carbonyl (C=O) groups excluding carboxylic acids is 2. The fourth-order valence-electron chi connectivity index (χ4n) is 3.03. The maximum Gasteiger partial charge on any atom is 0.411 e. The Morgan fingerprint density at radius 2 is 2.27 bits per heavy atom. The van der Waals surface area contributed by atoms with Crippen molar-refractivity contribution in [1.29, 1.82) is 0 Å². The third-order valence-electron chi connectivity index (χ3n) is 4.37. The normalized spacial score (nSPS) is 16.6. The number of benzene rings is 1. The van der Waals surface area contributed by atoms with E-state index in [1.807, 2.05) is 23.7 Å². The topological polar surface area (TPSA) is 94.5 Å². The van der Waals surface area contributed by atoms with Crippen LogP contribution in [0.4, 0.5) is 10.5 Å². The molecule has 0 unspecified atom stereocenters. The second kappa shape index (κ2) is 8.18. The molecule has 1 fully saturated rings. The quantitative estimate of drug-likeness (QED) is 0.821. The molecule has 26 heavy (non-hydrogen) atoms. The third kappa shape index (κ3) is 4.13. The largest absolute Gasteiger partial charge is 0.450 e. The van der Waals surface area contributed by atoms with Crippen molar-refractivity contribution < 1.29 is 19.1 Å². The summed E-state index contributed by atoms with van der Waals surface area (Å²) in [5.74, 6) is 0.808. The van der Waals surface area contributed by atoms with Crippen LogP contribution in [-0.2, 0) is 27.7 Å². The Balaban J connectivity index is 1.62. The van der Waals surface area contributed by atoms with Gasteiger partial charge in [0.2, 0.25) is 5.91 Å². The SMILES string of the molecule is CCOC(=O)Nc1ccc2c(c1)nc(CCNC(=O)[C@H]1CCCO1)n2C. The lowest BCUT2D eigenvalue weighted by molar-refractivity contribution is -0.130. The molecular formula is C18H24N4O4. The van der Waals surface area contributed by atoms with E-state index in [0.29, 0.717) is 31.9 Å². The number of amides is 2. The number of ether oxygens (including phenoxy) is 2. The third-order valence-corrected chi connectivity index (χ3v) is 4.37. The van der Waals surface area contributed by atoms with Crippen LogP contribution in [0.3, 0.4) is 0 Å². The molecule has 8 heteroatoms. The summed E-state index contributed by atoms with van der Waals surface area (Å²) in [6.45, 7) is 3.24. The van der Waals surface area contributed by atoms with Crippen LogP contribution in [0.15, 0.2) is 18.2 Å². The first kappa shape index (κ1) is 18.2. The van der Waals surface area contributed by atoms with Gasteiger partial charge in [0.1, 0.15) is 11.9 Å². The summed E-state index contributed by atoms with van der Waals surface area (Å²) in [6.07, 6.45) is 1.54. The number of hydrogen-bond acceptors (Lipinski definition) is 5. The highest BCUT2D eigenvalue weighted by atomic mass is 16.5. The van der Waals surface area contributed by atoms with Gasteiger partial charge in [0.05, 0.1) is 17.6 Å². The Morgan fingerprint density at radius 3 is 3.00 bits per heavy atom. The van der Waals surface area contributed by atoms with Crippen LogP contribution in [0.25, 0.3) is 11.0 Å². The van der Waals surface area contributed by atoms with Crippen LogP contribution >= 0.6 is 0 Å². The summed E-state index contributed by atoms with van der Waals surface area (Å²) >= 11 is 0. The van der Waals surface area contributed by atoms with Gasteiger partial charge in [0.15, 0.2) is 0 Å². The van der Waals surface area contributed by atoms with Crippen LogP contribution in [0.1, 0.15) is 25.6 Å². The molecule has 140 valence electrons. The van der Waals surface area contributed by atoms with Gasteiger partial charge in [0, 0.05) is 32.3 Å². The Labute approximate surface area is 151 Å². The molecule has 1 aliphatic rings. The molecule has 1 aromatic carbocycles. The zero-order chi connectivity index (χ0) is 18.5. The molecule has 1 saturated heterocycles. The van der Waals surface area contributed by atoms with Gasteiger partial charge in [-0.2, -0.15) is 0 Å². The number of rotatable bonds is 6.